The molecule has 6 aromatic rings. The van der Waals surface area contributed by atoms with Crippen LogP contribution in [0.4, 0.5) is 0 Å². The molecule has 0 fully saturated rings. The van der Waals surface area contributed by atoms with Crippen LogP contribution in [0, 0.1) is 13.8 Å². The van der Waals surface area contributed by atoms with Gasteiger partial charge in [-0.2, -0.15) is 0 Å². The molecule has 0 saturated carbocycles. The minimum absolute atomic E-state index is 0.202. The highest BCUT2D eigenvalue weighted by Gasteiger charge is 2.24. The highest BCUT2D eigenvalue weighted by molar-refractivity contribution is 6.25. The van der Waals surface area contributed by atoms with Crippen LogP contribution in [0.15, 0.2) is 36.5 Å². The second-order valence-electron chi connectivity index (χ2n) is 12.8. The number of aromatic amines is 2. The van der Waals surface area contributed by atoms with Crippen LogP contribution in [-0.2, 0) is 31.9 Å². The smallest absolute Gasteiger partial charge is 0.305 e. The molecule has 0 atom stereocenters. The van der Waals surface area contributed by atoms with E-state index in [-0.39, 0.29) is 24.8 Å². The molecule has 0 unspecified atom stereocenters. The lowest BCUT2D eigenvalue weighted by Gasteiger charge is -2.07. The maximum absolute atomic E-state index is 12.9. The first-order valence-corrected chi connectivity index (χ1v) is 16.7. The van der Waals surface area contributed by atoms with Crippen molar-refractivity contribution in [3.8, 4) is 0 Å². The van der Waals surface area contributed by atoms with E-state index in [1.54, 1.807) is 12.3 Å². The molecule has 0 radical (unpaired) electrons. The molecule has 4 N–H and O–H groups in total. The number of pyridine rings is 1. The van der Waals surface area contributed by atoms with E-state index >= 15 is 0 Å². The molecule has 11 nitrogen and oxygen atoms in total. The normalized spacial score (nSPS) is 12.4. The Morgan fingerprint density at radius 2 is 1.40 bits per heavy atom. The van der Waals surface area contributed by atoms with E-state index in [2.05, 4.69) is 28.8 Å². The zero-order valence-corrected chi connectivity index (χ0v) is 29.0. The zero-order valence-electron chi connectivity index (χ0n) is 29.0. The Hall–Kier alpha value is -5.84. The number of carbonyl (C=O) groups excluding carboxylic acids is 3. The van der Waals surface area contributed by atoms with E-state index in [4.69, 9.17) is 25.2 Å². The Labute approximate surface area is 287 Å². The summed E-state index contributed by atoms with van der Waals surface area (Å²) in [7, 11) is 2.78. The van der Waals surface area contributed by atoms with Crippen LogP contribution in [0.2, 0.25) is 0 Å². The van der Waals surface area contributed by atoms with E-state index in [1.807, 2.05) is 38.1 Å². The fourth-order valence-corrected chi connectivity index (χ4v) is 7.32. The Kier molecular flexibility index (Phi) is 8.21. The topological polar surface area (TPSA) is 166 Å². The van der Waals surface area contributed by atoms with Crippen molar-refractivity contribution in [2.24, 2.45) is 5.73 Å². The van der Waals surface area contributed by atoms with E-state index < -0.39 is 5.91 Å². The van der Waals surface area contributed by atoms with Gasteiger partial charge in [-0.3, -0.25) is 19.4 Å². The minimum Gasteiger partial charge on any atom is -0.469 e. The second kappa shape index (κ2) is 12.6. The average molecular weight is 671 g/mol. The van der Waals surface area contributed by atoms with Crippen LogP contribution in [-0.4, -0.2) is 57.0 Å². The summed E-state index contributed by atoms with van der Waals surface area (Å²) in [5.41, 5.74) is 19.0. The largest absolute Gasteiger partial charge is 0.469 e. The van der Waals surface area contributed by atoms with Crippen molar-refractivity contribution in [1.82, 2.24) is 24.9 Å². The first kappa shape index (κ1) is 32.7. The first-order chi connectivity index (χ1) is 24.0. The van der Waals surface area contributed by atoms with Gasteiger partial charge in [0.1, 0.15) is 0 Å². The number of amides is 1. The van der Waals surface area contributed by atoms with Crippen LogP contribution >= 0.6 is 0 Å². The van der Waals surface area contributed by atoms with E-state index in [0.717, 1.165) is 77.6 Å². The van der Waals surface area contributed by atoms with Crippen molar-refractivity contribution in [3.63, 3.8) is 0 Å². The second-order valence-corrected chi connectivity index (χ2v) is 12.8. The maximum atomic E-state index is 12.9. The van der Waals surface area contributed by atoms with Gasteiger partial charge in [0.2, 0.25) is 0 Å². The van der Waals surface area contributed by atoms with Crippen molar-refractivity contribution < 1.29 is 23.9 Å². The molecule has 11 heteroatoms. The number of carbonyl (C=O) groups is 3. The van der Waals surface area contributed by atoms with Crippen LogP contribution in [0.1, 0.15) is 77.1 Å². The van der Waals surface area contributed by atoms with Crippen LogP contribution in [0.5, 0.6) is 0 Å². The SMILES string of the molecule is CCC1=C(C)c2cc3[nH]c(cc4[nH]c(cc5nc6c(cc(C(N)=O)c7nccc5c76)c1n2)c(C)c4CCC(=O)OC)c(CCC(=O)OC)c3C. The molecule has 0 aliphatic carbocycles. The molecule has 1 aromatic carbocycles. The number of H-pyrrole nitrogens is 2. The Morgan fingerprint density at radius 3 is 1.98 bits per heavy atom. The van der Waals surface area contributed by atoms with Gasteiger partial charge in [0.25, 0.3) is 5.91 Å². The van der Waals surface area contributed by atoms with Crippen molar-refractivity contribution in [2.45, 2.75) is 59.8 Å². The molecule has 5 aromatic heterocycles. The van der Waals surface area contributed by atoms with Gasteiger partial charge < -0.3 is 25.2 Å². The molecular formula is C39H38N6O5. The number of hydrogen-bond donors (Lipinski definition) is 3. The monoisotopic (exact) mass is 670 g/mol. The lowest BCUT2D eigenvalue weighted by atomic mass is 9.97. The van der Waals surface area contributed by atoms with Crippen molar-refractivity contribution in [1.29, 1.82) is 0 Å². The quantitative estimate of drug-likeness (QED) is 0.146. The molecule has 0 spiro atoms. The van der Waals surface area contributed by atoms with E-state index in [9.17, 15) is 14.4 Å². The predicted octanol–water partition coefficient (Wildman–Crippen LogP) is 7.00. The average Bonchev–Trinajstić information content (AvgIpc) is 3.80. The molecule has 50 heavy (non-hydrogen) atoms. The molecule has 1 amide bonds. The molecule has 6 heterocycles. The molecule has 254 valence electrons. The lowest BCUT2D eigenvalue weighted by molar-refractivity contribution is -0.141. The van der Waals surface area contributed by atoms with Crippen molar-refractivity contribution in [3.05, 3.63) is 75.7 Å². The fourth-order valence-electron chi connectivity index (χ4n) is 7.32. The summed E-state index contributed by atoms with van der Waals surface area (Å²) in [6.07, 6.45) is 3.70. The summed E-state index contributed by atoms with van der Waals surface area (Å²) in [6, 6.07) is 9.75. The van der Waals surface area contributed by atoms with Crippen molar-refractivity contribution >= 4 is 83.8 Å². The third-order valence-electron chi connectivity index (χ3n) is 10.1. The number of methoxy groups -OCH3 is 2. The highest BCUT2D eigenvalue weighted by atomic mass is 16.5. The highest BCUT2D eigenvalue weighted by Crippen LogP contribution is 2.40. The van der Waals surface area contributed by atoms with Gasteiger partial charge in [-0.05, 0) is 104 Å². The number of benzene rings is 1. The van der Waals surface area contributed by atoms with E-state index in [0.29, 0.717) is 46.8 Å². The van der Waals surface area contributed by atoms with Crippen LogP contribution in [0.3, 0.4) is 0 Å². The minimum atomic E-state index is -0.580. The Balaban J connectivity index is 1.68. The number of fused-ring (bicyclic) bond motifs is 9. The van der Waals surface area contributed by atoms with Crippen molar-refractivity contribution in [2.75, 3.05) is 14.2 Å². The number of aromatic nitrogens is 5. The van der Waals surface area contributed by atoms with Gasteiger partial charge in [0, 0.05) is 57.3 Å². The standard InChI is InChI=1S/C39H38N6O5/c1-7-21-18(2)29-15-27-19(3)22(8-10-33(46)49-5)30(42-27)17-31-23(9-11-34(47)50-6)20(4)28(43-31)16-32-24-12-13-41-37-26(39(40)48)14-25(36(21)44-29)38(45-32)35(24)37/h12-17,42-43H,7-11H2,1-6H3,(H2,40,48). The molecule has 7 rings (SSSR count). The van der Waals surface area contributed by atoms with Gasteiger partial charge in [-0.1, -0.05) is 6.92 Å². The number of rotatable bonds is 8. The van der Waals surface area contributed by atoms with Crippen LogP contribution < -0.4 is 5.73 Å². The van der Waals surface area contributed by atoms with Crippen LogP contribution in [0.25, 0.3) is 65.9 Å². The third kappa shape index (κ3) is 5.29. The molecule has 1 aliphatic heterocycles. The maximum Gasteiger partial charge on any atom is 0.305 e. The lowest BCUT2D eigenvalue weighted by Crippen LogP contribution is -2.12. The predicted molar refractivity (Wildman–Crippen MR) is 195 cm³/mol. The number of nitrogens with two attached hydrogens (primary N) is 1. The third-order valence-corrected chi connectivity index (χ3v) is 10.1. The zero-order chi connectivity index (χ0) is 35.4. The number of nitrogens with one attached hydrogen (secondary N) is 2. The summed E-state index contributed by atoms with van der Waals surface area (Å²) < 4.78 is 9.96. The first-order valence-electron chi connectivity index (χ1n) is 16.7. The Morgan fingerprint density at radius 1 is 0.780 bits per heavy atom. The number of aryl methyl sites for hydroxylation is 4. The number of allylic oxidation sites excluding steroid dienone is 2. The molecule has 0 saturated heterocycles. The number of ether oxygens (including phenoxy) is 2. The number of hydrogen-bond acceptors (Lipinski definition) is 8. The number of esters is 2. The van der Waals surface area contributed by atoms with Gasteiger partial charge in [-0.15, -0.1) is 0 Å². The summed E-state index contributed by atoms with van der Waals surface area (Å²) in [6.45, 7) is 8.20. The fraction of sp³-hybridized carbons (Fsp3) is 0.282. The molecule has 1 aliphatic rings. The van der Waals surface area contributed by atoms with Gasteiger partial charge >= 0.3 is 11.9 Å². The Bertz CT molecular complexity index is 2560. The summed E-state index contributed by atoms with van der Waals surface area (Å²) >= 11 is 0. The summed E-state index contributed by atoms with van der Waals surface area (Å²) in [4.78, 5) is 59.7. The van der Waals surface area contributed by atoms with Gasteiger partial charge in [-0.25, -0.2) is 9.97 Å². The van der Waals surface area contributed by atoms with Gasteiger partial charge in [0.05, 0.1) is 47.7 Å². The molecular weight excluding hydrogens is 632 g/mol. The molecule has 8 bridgehead atoms. The van der Waals surface area contributed by atoms with Gasteiger partial charge in [0.15, 0.2) is 0 Å². The summed E-state index contributed by atoms with van der Waals surface area (Å²) in [5.74, 6) is -1.18. The summed E-state index contributed by atoms with van der Waals surface area (Å²) in [5, 5.41) is 2.30. The number of nitrogens with zero attached hydrogens (tertiary/aromatic N) is 3. The van der Waals surface area contributed by atoms with E-state index in [1.165, 1.54) is 14.2 Å². The number of primary amides is 1.